The summed E-state index contributed by atoms with van der Waals surface area (Å²) < 4.78 is 8.51. The monoisotopic (exact) mass is 182 g/mol. The lowest BCUT2D eigenvalue weighted by Gasteiger charge is -1.95. The molecule has 0 fully saturated rings. The molecule has 0 radical (unpaired) electrons. The molecule has 0 unspecified atom stereocenters. The number of nitrogens with zero attached hydrogens (tertiary/aromatic N) is 3. The lowest BCUT2D eigenvalue weighted by atomic mass is 10.5. The third-order valence-electron chi connectivity index (χ3n) is 1.29. The topological polar surface area (TPSA) is 63.8 Å². The van der Waals surface area contributed by atoms with Gasteiger partial charge in [0.25, 0.3) is 0 Å². The van der Waals surface area contributed by atoms with E-state index in [0.29, 0.717) is 6.54 Å². The van der Waals surface area contributed by atoms with Gasteiger partial charge in [0.2, 0.25) is 0 Å². The number of aromatic nitrogens is 3. The third kappa shape index (κ3) is 1.59. The molecular weight excluding hydrogens is 176 g/mol. The first kappa shape index (κ1) is 7.23. The Kier molecular flexibility index (Phi) is 2.00. The lowest BCUT2D eigenvalue weighted by molar-refractivity contribution is 0.556. The van der Waals surface area contributed by atoms with E-state index in [-0.39, 0.29) is 0 Å². The van der Waals surface area contributed by atoms with Gasteiger partial charge in [0.05, 0.1) is 18.4 Å². The average Bonchev–Trinajstić information content (AvgIpc) is 2.74. The van der Waals surface area contributed by atoms with Crippen molar-refractivity contribution in [3.8, 4) is 0 Å². The molecule has 0 atom stereocenters. The summed E-state index contributed by atoms with van der Waals surface area (Å²) in [7, 11) is 0. The van der Waals surface area contributed by atoms with Gasteiger partial charge < -0.3 is 9.73 Å². The van der Waals surface area contributed by atoms with Gasteiger partial charge in [0.1, 0.15) is 11.3 Å². The Labute approximate surface area is 72.6 Å². The summed E-state index contributed by atoms with van der Waals surface area (Å²) in [5.74, 6) is 0. The second-order valence-electron chi connectivity index (χ2n) is 2.12. The van der Waals surface area contributed by atoms with E-state index in [1.807, 2.05) is 0 Å². The molecule has 0 aromatic carbocycles. The highest BCUT2D eigenvalue weighted by atomic mass is 32.1. The number of nitrogens with one attached hydrogen (secondary N) is 1. The first-order chi connectivity index (χ1) is 5.95. The summed E-state index contributed by atoms with van der Waals surface area (Å²) in [6.07, 6.45) is 4.67. The number of hydrogen-bond acceptors (Lipinski definition) is 6. The van der Waals surface area contributed by atoms with Crippen LogP contribution < -0.4 is 5.32 Å². The van der Waals surface area contributed by atoms with Crippen LogP contribution in [0.2, 0.25) is 0 Å². The Morgan fingerprint density at radius 3 is 3.25 bits per heavy atom. The van der Waals surface area contributed by atoms with Gasteiger partial charge in [-0.2, -0.15) is 0 Å². The van der Waals surface area contributed by atoms with E-state index in [0.717, 1.165) is 10.7 Å². The molecule has 0 spiro atoms. The predicted molar refractivity (Wildman–Crippen MR) is 43.7 cm³/mol. The number of rotatable bonds is 3. The van der Waals surface area contributed by atoms with Crippen LogP contribution in [0.3, 0.4) is 0 Å². The molecule has 2 aromatic rings. The molecular formula is C6H6N4OS. The summed E-state index contributed by atoms with van der Waals surface area (Å²) in [6, 6.07) is 0. The van der Waals surface area contributed by atoms with Crippen LogP contribution >= 0.6 is 11.5 Å². The maximum atomic E-state index is 4.81. The zero-order valence-electron chi connectivity index (χ0n) is 6.10. The van der Waals surface area contributed by atoms with Crippen LogP contribution in [0.1, 0.15) is 5.69 Å². The second kappa shape index (κ2) is 3.31. The normalized spacial score (nSPS) is 10.0. The molecule has 0 aliphatic heterocycles. The van der Waals surface area contributed by atoms with E-state index in [9.17, 15) is 0 Å². The summed E-state index contributed by atoms with van der Waals surface area (Å²) >= 11 is 1.31. The van der Waals surface area contributed by atoms with E-state index < -0.39 is 0 Å². The van der Waals surface area contributed by atoms with Crippen molar-refractivity contribution in [2.24, 2.45) is 0 Å². The van der Waals surface area contributed by atoms with Crippen LogP contribution in [0, 0.1) is 0 Å². The molecule has 6 heteroatoms. The Bertz CT molecular complexity index is 283. The van der Waals surface area contributed by atoms with E-state index >= 15 is 0 Å². The van der Waals surface area contributed by atoms with Gasteiger partial charge >= 0.3 is 0 Å². The zero-order chi connectivity index (χ0) is 8.23. The van der Waals surface area contributed by atoms with Crippen LogP contribution in [-0.4, -0.2) is 14.6 Å². The van der Waals surface area contributed by atoms with Gasteiger partial charge in [-0.3, -0.25) is 0 Å². The van der Waals surface area contributed by atoms with Crippen LogP contribution in [-0.2, 0) is 6.54 Å². The molecule has 1 N–H and O–H groups in total. The van der Waals surface area contributed by atoms with Crippen molar-refractivity contribution in [3.63, 3.8) is 0 Å². The van der Waals surface area contributed by atoms with Gasteiger partial charge in [-0.1, -0.05) is 4.49 Å². The van der Waals surface area contributed by atoms with Gasteiger partial charge in [-0.05, 0) is 0 Å². The molecule has 5 nitrogen and oxygen atoms in total. The molecule has 0 aliphatic rings. The lowest BCUT2D eigenvalue weighted by Crippen LogP contribution is -1.96. The van der Waals surface area contributed by atoms with Crippen LogP contribution in [0.15, 0.2) is 23.3 Å². The molecule has 0 amide bonds. The van der Waals surface area contributed by atoms with Gasteiger partial charge in [-0.25, -0.2) is 4.98 Å². The molecule has 2 rings (SSSR count). The fourth-order valence-corrected chi connectivity index (χ4v) is 1.16. The van der Waals surface area contributed by atoms with Crippen molar-refractivity contribution in [2.45, 2.75) is 6.54 Å². The highest BCUT2D eigenvalue weighted by molar-refractivity contribution is 7.09. The first-order valence-corrected chi connectivity index (χ1v) is 4.11. The van der Waals surface area contributed by atoms with Crippen LogP contribution in [0.25, 0.3) is 0 Å². The summed E-state index contributed by atoms with van der Waals surface area (Å²) in [5.41, 5.74) is 0.864. The molecule has 0 aliphatic carbocycles. The number of hydrogen-bond donors (Lipinski definition) is 1. The first-order valence-electron chi connectivity index (χ1n) is 3.33. The maximum Gasteiger partial charge on any atom is 0.180 e. The Hall–Kier alpha value is -1.43. The minimum atomic E-state index is 0.639. The van der Waals surface area contributed by atoms with Gasteiger partial charge in [-0.15, -0.1) is 5.10 Å². The average molecular weight is 182 g/mol. The standard InChI is InChI=1S/C6H6N4OS/c1(5-3-11-4-8-5)7-6-2-9-10-12-6/h2-4,7H,1H2. The Morgan fingerprint density at radius 2 is 2.58 bits per heavy atom. The van der Waals surface area contributed by atoms with Crippen molar-refractivity contribution in [1.82, 2.24) is 14.6 Å². The zero-order valence-corrected chi connectivity index (χ0v) is 6.91. The number of oxazole rings is 1. The second-order valence-corrected chi connectivity index (χ2v) is 2.90. The highest BCUT2D eigenvalue weighted by Gasteiger charge is 1.97. The fourth-order valence-electron chi connectivity index (χ4n) is 0.748. The van der Waals surface area contributed by atoms with Crippen LogP contribution in [0.4, 0.5) is 5.00 Å². The van der Waals surface area contributed by atoms with Crippen molar-refractivity contribution in [3.05, 3.63) is 24.5 Å². The fraction of sp³-hybridized carbons (Fsp3) is 0.167. The predicted octanol–water partition coefficient (Wildman–Crippen LogP) is 1.14. The molecule has 0 saturated heterocycles. The highest BCUT2D eigenvalue weighted by Crippen LogP contribution is 2.10. The van der Waals surface area contributed by atoms with E-state index in [1.54, 1.807) is 12.5 Å². The third-order valence-corrected chi connectivity index (χ3v) is 1.91. The maximum absolute atomic E-state index is 4.81. The molecule has 12 heavy (non-hydrogen) atoms. The minimum absolute atomic E-state index is 0.639. The van der Waals surface area contributed by atoms with Crippen molar-refractivity contribution < 1.29 is 4.42 Å². The van der Waals surface area contributed by atoms with Gasteiger partial charge in [0.15, 0.2) is 6.39 Å². The summed E-state index contributed by atoms with van der Waals surface area (Å²) in [5, 5.41) is 7.71. The van der Waals surface area contributed by atoms with E-state index in [1.165, 1.54) is 17.9 Å². The van der Waals surface area contributed by atoms with E-state index in [4.69, 9.17) is 4.42 Å². The summed E-state index contributed by atoms with van der Waals surface area (Å²) in [6.45, 7) is 0.639. The largest absolute Gasteiger partial charge is 0.451 e. The molecule has 2 heterocycles. The Balaban J connectivity index is 1.91. The number of anilines is 1. The van der Waals surface area contributed by atoms with E-state index in [2.05, 4.69) is 19.9 Å². The molecule has 0 bridgehead atoms. The van der Waals surface area contributed by atoms with Crippen molar-refractivity contribution in [2.75, 3.05) is 5.32 Å². The summed E-state index contributed by atoms with van der Waals surface area (Å²) in [4.78, 5) is 3.95. The van der Waals surface area contributed by atoms with Crippen molar-refractivity contribution >= 4 is 16.5 Å². The van der Waals surface area contributed by atoms with Crippen LogP contribution in [0.5, 0.6) is 0 Å². The molecule has 62 valence electrons. The minimum Gasteiger partial charge on any atom is -0.451 e. The van der Waals surface area contributed by atoms with Crippen molar-refractivity contribution in [1.29, 1.82) is 0 Å². The quantitative estimate of drug-likeness (QED) is 0.771. The molecule has 2 aromatic heterocycles. The molecule has 0 saturated carbocycles. The smallest absolute Gasteiger partial charge is 0.180 e. The Morgan fingerprint density at radius 1 is 1.58 bits per heavy atom. The SMILES string of the molecule is c1nc(CNc2cnns2)co1. The van der Waals surface area contributed by atoms with Gasteiger partial charge in [0, 0.05) is 11.5 Å².